The van der Waals surface area contributed by atoms with Gasteiger partial charge in [0.2, 0.25) is 5.91 Å². The third-order valence-electron chi connectivity index (χ3n) is 7.50. The Morgan fingerprint density at radius 2 is 1.50 bits per heavy atom. The number of nitrogens with one attached hydrogen (secondary N) is 3. The number of anilines is 2. The van der Waals surface area contributed by atoms with Crippen LogP contribution in [-0.4, -0.2) is 31.9 Å². The van der Waals surface area contributed by atoms with Crippen LogP contribution in [0.5, 0.6) is 11.5 Å². The Bertz CT molecular complexity index is 2100. The number of hydrogen-bond donors (Lipinski definition) is 3. The minimum Gasteiger partial charge on any atom is -0.497 e. The zero-order valence-electron chi connectivity index (χ0n) is 27.7. The smallest absolute Gasteiger partial charge is 0.416 e. The molecule has 5 aromatic rings. The molecule has 0 aliphatic rings. The Morgan fingerprint density at radius 3 is 2.17 bits per heavy atom. The average Bonchev–Trinajstić information content (AvgIpc) is 3.14. The van der Waals surface area contributed by atoms with E-state index in [4.69, 9.17) is 21.1 Å². The summed E-state index contributed by atoms with van der Waals surface area (Å²) in [6, 6.07) is 31.4. The van der Waals surface area contributed by atoms with Gasteiger partial charge < -0.3 is 25.4 Å². The van der Waals surface area contributed by atoms with Crippen LogP contribution < -0.4 is 25.4 Å². The van der Waals surface area contributed by atoms with E-state index < -0.39 is 34.7 Å². The highest BCUT2D eigenvalue weighted by Crippen LogP contribution is 2.39. The molecule has 13 heteroatoms. The van der Waals surface area contributed by atoms with Crippen LogP contribution in [0.1, 0.15) is 32.3 Å². The molecular formula is C39H31ClF3N3O5S. The molecule has 0 saturated heterocycles. The standard InChI is InChI=1S/C39H31ClF3N3O5S/c1-50-29-17-19-34(51-2)26(20-29)21-33(46-36(47)25-12-7-4-8-13-25)37(48)44-28-14-9-15-30(23-28)52-35(24-10-5-3-6-11-24)38(49)45-32-22-27(39(41,42)43)16-18-31(32)40/h3-23,35H,1-2H3,(H,44,48)(H,45,49)(H,46,47)/b33-21+. The number of methoxy groups -OCH3 is 2. The van der Waals surface area contributed by atoms with Crippen molar-refractivity contribution in [2.24, 2.45) is 0 Å². The van der Waals surface area contributed by atoms with Crippen LogP contribution in [0, 0.1) is 0 Å². The second kappa shape index (κ2) is 17.0. The maximum absolute atomic E-state index is 13.8. The molecule has 3 amide bonds. The van der Waals surface area contributed by atoms with Crippen LogP contribution in [0.4, 0.5) is 24.5 Å². The summed E-state index contributed by atoms with van der Waals surface area (Å²) in [4.78, 5) is 41.2. The van der Waals surface area contributed by atoms with Crippen molar-refractivity contribution in [2.75, 3.05) is 24.9 Å². The Labute approximate surface area is 307 Å². The number of amides is 3. The Morgan fingerprint density at radius 1 is 0.788 bits per heavy atom. The van der Waals surface area contributed by atoms with E-state index in [1.807, 2.05) is 0 Å². The van der Waals surface area contributed by atoms with E-state index in [0.29, 0.717) is 38.8 Å². The van der Waals surface area contributed by atoms with Crippen molar-refractivity contribution in [3.05, 3.63) is 154 Å². The molecule has 0 heterocycles. The fourth-order valence-electron chi connectivity index (χ4n) is 4.93. The van der Waals surface area contributed by atoms with Gasteiger partial charge in [-0.25, -0.2) is 0 Å². The Kier molecular flexibility index (Phi) is 12.3. The van der Waals surface area contributed by atoms with Gasteiger partial charge in [0.05, 0.1) is 30.5 Å². The summed E-state index contributed by atoms with van der Waals surface area (Å²) < 4.78 is 51.1. The van der Waals surface area contributed by atoms with Crippen molar-refractivity contribution in [1.82, 2.24) is 5.32 Å². The lowest BCUT2D eigenvalue weighted by Gasteiger charge is -2.19. The number of ether oxygens (including phenoxy) is 2. The first kappa shape index (κ1) is 37.5. The number of benzene rings is 5. The van der Waals surface area contributed by atoms with Crippen LogP contribution in [0.25, 0.3) is 6.08 Å². The van der Waals surface area contributed by atoms with Gasteiger partial charge in [-0.2, -0.15) is 13.2 Å². The molecule has 0 saturated carbocycles. The van der Waals surface area contributed by atoms with Gasteiger partial charge in [-0.05, 0) is 78.4 Å². The average molecular weight is 746 g/mol. The number of halogens is 4. The van der Waals surface area contributed by atoms with Crippen LogP contribution in [0.3, 0.4) is 0 Å². The number of alkyl halides is 3. The van der Waals surface area contributed by atoms with E-state index in [9.17, 15) is 27.6 Å². The summed E-state index contributed by atoms with van der Waals surface area (Å²) in [6.45, 7) is 0. The van der Waals surface area contributed by atoms with E-state index >= 15 is 0 Å². The second-order valence-electron chi connectivity index (χ2n) is 11.1. The van der Waals surface area contributed by atoms with Gasteiger partial charge in [-0.15, -0.1) is 11.8 Å². The van der Waals surface area contributed by atoms with Gasteiger partial charge >= 0.3 is 6.18 Å². The van der Waals surface area contributed by atoms with E-state index in [-0.39, 0.29) is 16.4 Å². The van der Waals surface area contributed by atoms with E-state index in [2.05, 4.69) is 16.0 Å². The molecule has 0 radical (unpaired) electrons. The van der Waals surface area contributed by atoms with Crippen molar-refractivity contribution in [1.29, 1.82) is 0 Å². The molecule has 52 heavy (non-hydrogen) atoms. The van der Waals surface area contributed by atoms with E-state index in [0.717, 1.165) is 30.0 Å². The molecule has 0 bridgehead atoms. The first-order chi connectivity index (χ1) is 24.9. The minimum atomic E-state index is -4.64. The first-order valence-electron chi connectivity index (χ1n) is 15.6. The molecule has 0 spiro atoms. The molecule has 3 N–H and O–H groups in total. The zero-order valence-corrected chi connectivity index (χ0v) is 29.2. The summed E-state index contributed by atoms with van der Waals surface area (Å²) in [5.74, 6) is -0.875. The third-order valence-corrected chi connectivity index (χ3v) is 9.08. The molecular weight excluding hydrogens is 715 g/mol. The normalized spacial score (nSPS) is 12.0. The topological polar surface area (TPSA) is 106 Å². The largest absolute Gasteiger partial charge is 0.497 e. The van der Waals surface area contributed by atoms with Crippen molar-refractivity contribution in [2.45, 2.75) is 16.3 Å². The Hall–Kier alpha value is -5.72. The number of hydrogen-bond acceptors (Lipinski definition) is 6. The van der Waals surface area contributed by atoms with Gasteiger partial charge in [0.1, 0.15) is 22.4 Å². The molecule has 0 aliphatic carbocycles. The van der Waals surface area contributed by atoms with Gasteiger partial charge in [-0.1, -0.05) is 66.2 Å². The number of thioether (sulfide) groups is 1. The van der Waals surface area contributed by atoms with Crippen LogP contribution in [0.2, 0.25) is 5.02 Å². The third kappa shape index (κ3) is 9.74. The predicted molar refractivity (Wildman–Crippen MR) is 197 cm³/mol. The highest BCUT2D eigenvalue weighted by molar-refractivity contribution is 8.00. The second-order valence-corrected chi connectivity index (χ2v) is 12.6. The maximum Gasteiger partial charge on any atom is 0.416 e. The lowest BCUT2D eigenvalue weighted by atomic mass is 10.1. The quantitative estimate of drug-likeness (QED) is 0.0869. The minimum absolute atomic E-state index is 0.0577. The summed E-state index contributed by atoms with van der Waals surface area (Å²) in [5.41, 5.74) is 0.449. The summed E-state index contributed by atoms with van der Waals surface area (Å²) in [7, 11) is 2.97. The number of carbonyl (C=O) groups excluding carboxylic acids is 3. The molecule has 1 atom stereocenters. The summed E-state index contributed by atoms with van der Waals surface area (Å²) >= 11 is 7.28. The summed E-state index contributed by atoms with van der Waals surface area (Å²) in [6.07, 6.45) is -3.17. The molecule has 0 aromatic heterocycles. The van der Waals surface area contributed by atoms with Crippen molar-refractivity contribution in [3.8, 4) is 11.5 Å². The van der Waals surface area contributed by atoms with E-state index in [1.165, 1.54) is 20.3 Å². The fraction of sp³-hybridized carbons (Fsp3) is 0.103. The first-order valence-corrected chi connectivity index (χ1v) is 16.8. The molecule has 266 valence electrons. The van der Waals surface area contributed by atoms with Crippen LogP contribution >= 0.6 is 23.4 Å². The molecule has 0 aliphatic heterocycles. The number of rotatable bonds is 12. The van der Waals surface area contributed by atoms with E-state index in [1.54, 1.807) is 103 Å². The van der Waals surface area contributed by atoms with Crippen LogP contribution in [-0.2, 0) is 15.8 Å². The summed E-state index contributed by atoms with van der Waals surface area (Å²) in [5, 5.41) is 7.05. The highest BCUT2D eigenvalue weighted by atomic mass is 35.5. The van der Waals surface area contributed by atoms with Crippen molar-refractivity contribution in [3.63, 3.8) is 0 Å². The maximum atomic E-state index is 13.8. The molecule has 8 nitrogen and oxygen atoms in total. The lowest BCUT2D eigenvalue weighted by Crippen LogP contribution is -2.30. The SMILES string of the molecule is COc1ccc(OC)c(/C=C(/NC(=O)c2ccccc2)C(=O)Nc2cccc(SC(C(=O)Nc3cc(C(F)(F)F)ccc3Cl)c3ccccc3)c2)c1. The van der Waals surface area contributed by atoms with Gasteiger partial charge in [0, 0.05) is 21.7 Å². The zero-order chi connectivity index (χ0) is 37.3. The molecule has 1 unspecified atom stereocenters. The van der Waals surface area contributed by atoms with Gasteiger partial charge in [-0.3, -0.25) is 14.4 Å². The number of carbonyl (C=O) groups is 3. The fourth-order valence-corrected chi connectivity index (χ4v) is 6.18. The van der Waals surface area contributed by atoms with Crippen LogP contribution in [0.15, 0.2) is 132 Å². The molecule has 5 rings (SSSR count). The Balaban J connectivity index is 1.42. The molecule has 0 fully saturated rings. The highest BCUT2D eigenvalue weighted by Gasteiger charge is 2.32. The predicted octanol–water partition coefficient (Wildman–Crippen LogP) is 9.26. The van der Waals surface area contributed by atoms with Gasteiger partial charge in [0.25, 0.3) is 11.8 Å². The lowest BCUT2D eigenvalue weighted by molar-refractivity contribution is -0.137. The van der Waals surface area contributed by atoms with Crippen molar-refractivity contribution >= 4 is 58.5 Å². The monoisotopic (exact) mass is 745 g/mol. The molecule has 5 aromatic carbocycles. The van der Waals surface area contributed by atoms with Crippen molar-refractivity contribution < 1.29 is 37.0 Å². The van der Waals surface area contributed by atoms with Gasteiger partial charge in [0.15, 0.2) is 0 Å².